The van der Waals surface area contributed by atoms with E-state index in [0.29, 0.717) is 22.4 Å². The number of hydrogen-bond acceptors (Lipinski definition) is 2. The highest BCUT2D eigenvalue weighted by Crippen LogP contribution is 2.33. The summed E-state index contributed by atoms with van der Waals surface area (Å²) in [5.74, 6) is -1.73. The molecule has 1 aliphatic rings. The van der Waals surface area contributed by atoms with Crippen LogP contribution in [-0.4, -0.2) is 17.0 Å². The molecule has 1 amide bonds. The maximum Gasteiger partial charge on any atom is 0.335 e. The number of hydrogen-bond donors (Lipinski definition) is 2. The van der Waals surface area contributed by atoms with E-state index in [4.69, 9.17) is 5.11 Å². The minimum atomic E-state index is -1.06. The molecule has 0 radical (unpaired) electrons. The molecule has 0 aliphatic carbocycles. The third-order valence-electron chi connectivity index (χ3n) is 3.23. The first-order valence-corrected chi connectivity index (χ1v) is 6.21. The number of fused-ring (bicyclic) bond motifs is 1. The van der Waals surface area contributed by atoms with Crippen molar-refractivity contribution in [3.05, 3.63) is 65.0 Å². The molecule has 0 unspecified atom stereocenters. The summed E-state index contributed by atoms with van der Waals surface area (Å²) >= 11 is 0. The Bertz CT molecular complexity index is 779. The summed E-state index contributed by atoms with van der Waals surface area (Å²) in [6, 6.07) is 10.1. The van der Waals surface area contributed by atoms with Crippen LogP contribution in [0.15, 0.2) is 42.5 Å². The second kappa shape index (κ2) is 4.86. The molecular formula is C16H10FNO3. The van der Waals surface area contributed by atoms with Crippen LogP contribution < -0.4 is 5.32 Å². The topological polar surface area (TPSA) is 66.4 Å². The number of rotatable bonds is 2. The molecule has 0 saturated heterocycles. The molecule has 2 N–H and O–H groups in total. The number of carboxylic acids is 1. The number of benzene rings is 2. The molecule has 0 atom stereocenters. The number of amides is 1. The molecule has 104 valence electrons. The number of carbonyl (C=O) groups is 2. The van der Waals surface area contributed by atoms with Gasteiger partial charge < -0.3 is 10.4 Å². The molecule has 2 aromatic carbocycles. The number of aromatic carboxylic acids is 1. The first-order chi connectivity index (χ1) is 10.0. The Morgan fingerprint density at radius 1 is 1.14 bits per heavy atom. The van der Waals surface area contributed by atoms with Crippen LogP contribution in [0.5, 0.6) is 0 Å². The van der Waals surface area contributed by atoms with E-state index in [1.807, 2.05) is 0 Å². The van der Waals surface area contributed by atoms with E-state index in [-0.39, 0.29) is 17.3 Å². The van der Waals surface area contributed by atoms with E-state index in [2.05, 4.69) is 5.32 Å². The number of carbonyl (C=O) groups excluding carboxylic acids is 1. The molecule has 21 heavy (non-hydrogen) atoms. The maximum atomic E-state index is 12.9. The van der Waals surface area contributed by atoms with Gasteiger partial charge in [-0.15, -0.1) is 0 Å². The van der Waals surface area contributed by atoms with Crippen LogP contribution in [0.2, 0.25) is 0 Å². The van der Waals surface area contributed by atoms with Crippen LogP contribution in [0.4, 0.5) is 10.1 Å². The van der Waals surface area contributed by atoms with Crippen molar-refractivity contribution in [3.63, 3.8) is 0 Å². The van der Waals surface area contributed by atoms with E-state index >= 15 is 0 Å². The average molecular weight is 283 g/mol. The van der Waals surface area contributed by atoms with Gasteiger partial charge >= 0.3 is 5.97 Å². The fraction of sp³-hybridized carbons (Fsp3) is 0. The summed E-state index contributed by atoms with van der Waals surface area (Å²) in [5, 5.41) is 11.7. The summed E-state index contributed by atoms with van der Waals surface area (Å²) in [6.45, 7) is 0. The molecule has 0 aromatic heterocycles. The van der Waals surface area contributed by atoms with Crippen molar-refractivity contribution >= 4 is 29.2 Å². The average Bonchev–Trinajstić information content (AvgIpc) is 2.77. The van der Waals surface area contributed by atoms with Crippen LogP contribution in [0, 0.1) is 5.82 Å². The highest BCUT2D eigenvalue weighted by Gasteiger charge is 2.25. The van der Waals surface area contributed by atoms with Crippen molar-refractivity contribution in [1.82, 2.24) is 0 Å². The largest absolute Gasteiger partial charge is 0.478 e. The fourth-order valence-electron chi connectivity index (χ4n) is 2.19. The second-order valence-corrected chi connectivity index (χ2v) is 4.63. The molecular weight excluding hydrogens is 273 g/mol. The quantitative estimate of drug-likeness (QED) is 0.832. The van der Waals surface area contributed by atoms with Crippen LogP contribution in [0.25, 0.3) is 11.6 Å². The minimum absolute atomic E-state index is 0.107. The fourth-order valence-corrected chi connectivity index (χ4v) is 2.19. The van der Waals surface area contributed by atoms with E-state index in [1.165, 1.54) is 24.3 Å². The van der Waals surface area contributed by atoms with Gasteiger partial charge in [0.1, 0.15) is 5.82 Å². The maximum absolute atomic E-state index is 12.9. The minimum Gasteiger partial charge on any atom is -0.478 e. The van der Waals surface area contributed by atoms with Gasteiger partial charge in [-0.1, -0.05) is 12.1 Å². The normalized spacial score (nSPS) is 14.9. The van der Waals surface area contributed by atoms with Crippen molar-refractivity contribution in [2.45, 2.75) is 0 Å². The third-order valence-corrected chi connectivity index (χ3v) is 3.23. The number of nitrogens with one attached hydrogen (secondary N) is 1. The molecule has 2 aromatic rings. The molecule has 1 heterocycles. The van der Waals surface area contributed by atoms with Crippen LogP contribution >= 0.6 is 0 Å². The Kier molecular flexibility index (Phi) is 3.02. The van der Waals surface area contributed by atoms with Crippen LogP contribution in [0.3, 0.4) is 0 Å². The first kappa shape index (κ1) is 13.1. The SMILES string of the molecule is O=C1Nc2ccc(C(=O)O)cc2/C1=C\c1ccc(F)cc1. The summed E-state index contributed by atoms with van der Waals surface area (Å²) < 4.78 is 12.9. The number of halogens is 1. The predicted molar refractivity (Wildman–Crippen MR) is 76.3 cm³/mol. The van der Waals surface area contributed by atoms with E-state index < -0.39 is 5.97 Å². The molecule has 1 aliphatic heterocycles. The Labute approximate surface area is 119 Å². The van der Waals surface area contributed by atoms with Crippen molar-refractivity contribution in [1.29, 1.82) is 0 Å². The summed E-state index contributed by atoms with van der Waals surface area (Å²) in [6.07, 6.45) is 1.60. The molecule has 0 bridgehead atoms. The van der Waals surface area contributed by atoms with E-state index in [1.54, 1.807) is 24.3 Å². The molecule has 4 nitrogen and oxygen atoms in total. The molecule has 0 saturated carbocycles. The van der Waals surface area contributed by atoms with Gasteiger partial charge in [0.2, 0.25) is 0 Å². The monoisotopic (exact) mass is 283 g/mol. The van der Waals surface area contributed by atoms with Gasteiger partial charge in [0.25, 0.3) is 5.91 Å². The van der Waals surface area contributed by atoms with Crippen LogP contribution in [-0.2, 0) is 4.79 Å². The molecule has 0 fully saturated rings. The van der Waals surface area contributed by atoms with Gasteiger partial charge in [-0.25, -0.2) is 9.18 Å². The van der Waals surface area contributed by atoms with Gasteiger partial charge in [0.05, 0.1) is 5.56 Å². The van der Waals surface area contributed by atoms with E-state index in [0.717, 1.165) is 0 Å². The Morgan fingerprint density at radius 3 is 2.52 bits per heavy atom. The number of anilines is 1. The van der Waals surface area contributed by atoms with E-state index in [9.17, 15) is 14.0 Å². The number of carboxylic acid groups (broad SMARTS) is 1. The Morgan fingerprint density at radius 2 is 1.86 bits per heavy atom. The third kappa shape index (κ3) is 2.41. The zero-order valence-corrected chi connectivity index (χ0v) is 10.8. The standard InChI is InChI=1S/C16H10FNO3/c17-11-4-1-9(2-5-11)7-13-12-8-10(16(20)21)3-6-14(12)18-15(13)19/h1-8H,(H,18,19)(H,20,21)/b13-7+. The van der Waals surface area contributed by atoms with Gasteiger partial charge in [-0.2, -0.15) is 0 Å². The zero-order chi connectivity index (χ0) is 15.0. The van der Waals surface area contributed by atoms with Gasteiger partial charge in [0.15, 0.2) is 0 Å². The van der Waals surface area contributed by atoms with Gasteiger partial charge in [0, 0.05) is 16.8 Å². The van der Waals surface area contributed by atoms with Gasteiger partial charge in [-0.05, 0) is 42.0 Å². The summed E-state index contributed by atoms with van der Waals surface area (Å²) in [4.78, 5) is 23.0. The lowest BCUT2D eigenvalue weighted by atomic mass is 10.0. The predicted octanol–water partition coefficient (Wildman–Crippen LogP) is 3.02. The molecule has 0 spiro atoms. The second-order valence-electron chi connectivity index (χ2n) is 4.63. The van der Waals surface area contributed by atoms with Crippen molar-refractivity contribution < 1.29 is 19.1 Å². The van der Waals surface area contributed by atoms with Crippen molar-refractivity contribution in [2.75, 3.05) is 5.32 Å². The molecule has 3 rings (SSSR count). The lowest BCUT2D eigenvalue weighted by molar-refractivity contribution is -0.110. The zero-order valence-electron chi connectivity index (χ0n) is 10.8. The van der Waals surface area contributed by atoms with Crippen molar-refractivity contribution in [2.24, 2.45) is 0 Å². The smallest absolute Gasteiger partial charge is 0.335 e. The Hall–Kier alpha value is -2.95. The van der Waals surface area contributed by atoms with Crippen molar-refractivity contribution in [3.8, 4) is 0 Å². The Balaban J connectivity index is 2.09. The first-order valence-electron chi connectivity index (χ1n) is 6.21. The lowest BCUT2D eigenvalue weighted by Crippen LogP contribution is -2.03. The summed E-state index contributed by atoms with van der Waals surface area (Å²) in [7, 11) is 0. The summed E-state index contributed by atoms with van der Waals surface area (Å²) in [5.41, 5.74) is 2.23. The lowest BCUT2D eigenvalue weighted by Gasteiger charge is -2.01. The van der Waals surface area contributed by atoms with Gasteiger partial charge in [-0.3, -0.25) is 4.79 Å². The van der Waals surface area contributed by atoms with Crippen LogP contribution in [0.1, 0.15) is 21.5 Å². The highest BCUT2D eigenvalue weighted by atomic mass is 19.1. The molecule has 5 heteroatoms. The highest BCUT2D eigenvalue weighted by molar-refractivity contribution is 6.35.